The quantitative estimate of drug-likeness (QED) is 0.519. The van der Waals surface area contributed by atoms with Gasteiger partial charge in [-0.15, -0.1) is 11.3 Å². The van der Waals surface area contributed by atoms with Crippen LogP contribution in [0.15, 0.2) is 45.7 Å². The van der Waals surface area contributed by atoms with Gasteiger partial charge in [-0.25, -0.2) is 4.98 Å². The maximum atomic E-state index is 12.3. The number of nitrogens with one attached hydrogen (secondary N) is 1. The summed E-state index contributed by atoms with van der Waals surface area (Å²) in [4.78, 5) is 31.6. The van der Waals surface area contributed by atoms with Crippen LogP contribution in [0.3, 0.4) is 0 Å². The molecule has 0 aliphatic carbocycles. The van der Waals surface area contributed by atoms with Crippen LogP contribution >= 0.6 is 23.1 Å². The van der Waals surface area contributed by atoms with E-state index in [2.05, 4.69) is 10.3 Å². The lowest BCUT2D eigenvalue weighted by Gasteiger charge is -2.13. The van der Waals surface area contributed by atoms with Crippen molar-refractivity contribution in [1.29, 1.82) is 0 Å². The second-order valence-corrected chi connectivity index (χ2v) is 7.86. The molecule has 0 spiro atoms. The molecule has 1 aromatic carbocycles. The maximum absolute atomic E-state index is 12.3. The van der Waals surface area contributed by atoms with Crippen molar-refractivity contribution >= 4 is 44.9 Å². The minimum Gasteiger partial charge on any atom is -0.378 e. The molecule has 2 aromatic heterocycles. The highest BCUT2D eigenvalue weighted by Gasteiger charge is 2.11. The van der Waals surface area contributed by atoms with Crippen LogP contribution in [0.2, 0.25) is 0 Å². The van der Waals surface area contributed by atoms with E-state index in [4.69, 9.17) is 0 Å². The molecule has 1 amide bonds. The van der Waals surface area contributed by atoms with Crippen molar-refractivity contribution in [1.82, 2.24) is 14.9 Å². The SMILES string of the molecule is CN(C)c1ccc(CNC(=O)CSc2nc3sccc3c(=O)n2C)cc1. The number of anilines is 1. The second-order valence-electron chi connectivity index (χ2n) is 6.02. The smallest absolute Gasteiger partial charge is 0.262 e. The van der Waals surface area contributed by atoms with E-state index in [9.17, 15) is 9.59 Å². The molecule has 3 rings (SSSR count). The molecule has 0 saturated heterocycles. The molecule has 6 nitrogen and oxygen atoms in total. The lowest BCUT2D eigenvalue weighted by molar-refractivity contribution is -0.118. The molecule has 0 fully saturated rings. The minimum absolute atomic E-state index is 0.0832. The third-order valence-electron chi connectivity index (χ3n) is 3.94. The Balaban J connectivity index is 1.57. The number of thioether (sulfide) groups is 1. The Labute approximate surface area is 159 Å². The van der Waals surface area contributed by atoms with Crippen LogP contribution in [0.4, 0.5) is 5.69 Å². The van der Waals surface area contributed by atoms with Crippen LogP contribution in [0.25, 0.3) is 10.2 Å². The number of thiophene rings is 1. The average molecular weight is 389 g/mol. The second kappa shape index (κ2) is 7.92. The number of fused-ring (bicyclic) bond motifs is 1. The summed E-state index contributed by atoms with van der Waals surface area (Å²) in [5, 5.41) is 5.92. The molecule has 0 aliphatic heterocycles. The number of amides is 1. The fourth-order valence-corrected chi connectivity index (χ4v) is 4.01. The van der Waals surface area contributed by atoms with Gasteiger partial charge in [0.25, 0.3) is 5.56 Å². The van der Waals surface area contributed by atoms with E-state index in [-0.39, 0.29) is 17.2 Å². The molecule has 0 unspecified atom stereocenters. The van der Waals surface area contributed by atoms with Gasteiger partial charge in [0.2, 0.25) is 5.91 Å². The molecule has 1 N–H and O–H groups in total. The Bertz CT molecular complexity index is 977. The Morgan fingerprint density at radius 1 is 1.27 bits per heavy atom. The van der Waals surface area contributed by atoms with Crippen molar-refractivity contribution in [2.45, 2.75) is 11.7 Å². The molecule has 136 valence electrons. The van der Waals surface area contributed by atoms with E-state index < -0.39 is 0 Å². The van der Waals surface area contributed by atoms with Crippen molar-refractivity contribution in [3.05, 3.63) is 51.6 Å². The number of hydrogen-bond donors (Lipinski definition) is 1. The van der Waals surface area contributed by atoms with Gasteiger partial charge in [0, 0.05) is 33.4 Å². The first-order valence-corrected chi connectivity index (χ1v) is 9.92. The molecule has 2 heterocycles. The molecule has 3 aromatic rings. The molecule has 0 radical (unpaired) electrons. The standard InChI is InChI=1S/C18H20N4O2S2/c1-21(2)13-6-4-12(5-7-13)10-19-15(23)11-26-18-20-16-14(8-9-25-16)17(24)22(18)3/h4-9H,10-11H2,1-3H3,(H,19,23). The van der Waals surface area contributed by atoms with Crippen molar-refractivity contribution in [2.24, 2.45) is 7.05 Å². The highest BCUT2D eigenvalue weighted by Crippen LogP contribution is 2.20. The Morgan fingerprint density at radius 3 is 2.69 bits per heavy atom. The highest BCUT2D eigenvalue weighted by molar-refractivity contribution is 7.99. The summed E-state index contributed by atoms with van der Waals surface area (Å²) in [5.41, 5.74) is 2.08. The Hall–Kier alpha value is -2.32. The molecule has 0 saturated carbocycles. The molecule has 8 heteroatoms. The number of carbonyl (C=O) groups excluding carboxylic acids is 1. The summed E-state index contributed by atoms with van der Waals surface area (Å²) >= 11 is 2.70. The molecule has 0 aliphatic rings. The number of benzene rings is 1. The summed E-state index contributed by atoms with van der Waals surface area (Å²) in [6, 6.07) is 9.81. The van der Waals surface area contributed by atoms with Crippen molar-refractivity contribution in [3.63, 3.8) is 0 Å². The van der Waals surface area contributed by atoms with E-state index >= 15 is 0 Å². The first kappa shape index (κ1) is 18.5. The van der Waals surface area contributed by atoms with E-state index in [0.29, 0.717) is 21.9 Å². The minimum atomic E-state index is -0.0905. The van der Waals surface area contributed by atoms with Gasteiger partial charge in [-0.2, -0.15) is 0 Å². The van der Waals surface area contributed by atoms with Gasteiger partial charge in [-0.05, 0) is 29.1 Å². The van der Waals surface area contributed by atoms with Gasteiger partial charge in [-0.1, -0.05) is 23.9 Å². The number of aromatic nitrogens is 2. The first-order chi connectivity index (χ1) is 12.5. The zero-order valence-corrected chi connectivity index (χ0v) is 16.5. The predicted octanol–water partition coefficient (Wildman–Crippen LogP) is 2.47. The van der Waals surface area contributed by atoms with Crippen molar-refractivity contribution in [2.75, 3.05) is 24.7 Å². The fraction of sp³-hybridized carbons (Fsp3) is 0.278. The van der Waals surface area contributed by atoms with E-state index in [1.165, 1.54) is 27.7 Å². The summed E-state index contributed by atoms with van der Waals surface area (Å²) in [5.74, 6) is 0.125. The number of hydrogen-bond acceptors (Lipinski definition) is 6. The summed E-state index contributed by atoms with van der Waals surface area (Å²) < 4.78 is 1.49. The van der Waals surface area contributed by atoms with E-state index in [1.807, 2.05) is 48.6 Å². The zero-order chi connectivity index (χ0) is 18.7. The van der Waals surface area contributed by atoms with Crippen LogP contribution in [-0.4, -0.2) is 35.3 Å². The molecule has 0 bridgehead atoms. The first-order valence-electron chi connectivity index (χ1n) is 8.05. The highest BCUT2D eigenvalue weighted by atomic mass is 32.2. The van der Waals surface area contributed by atoms with Crippen LogP contribution in [0.5, 0.6) is 0 Å². The van der Waals surface area contributed by atoms with E-state index in [1.54, 1.807) is 13.1 Å². The number of nitrogens with zero attached hydrogens (tertiary/aromatic N) is 3. The van der Waals surface area contributed by atoms with Gasteiger partial charge < -0.3 is 10.2 Å². The van der Waals surface area contributed by atoms with Crippen LogP contribution in [0, 0.1) is 0 Å². The van der Waals surface area contributed by atoms with Gasteiger partial charge in [-0.3, -0.25) is 14.2 Å². The lowest BCUT2D eigenvalue weighted by Crippen LogP contribution is -2.25. The normalized spacial score (nSPS) is 10.9. The predicted molar refractivity (Wildman–Crippen MR) is 108 cm³/mol. The zero-order valence-electron chi connectivity index (χ0n) is 14.9. The van der Waals surface area contributed by atoms with Gasteiger partial charge in [0.05, 0.1) is 11.1 Å². The molecule has 0 atom stereocenters. The third kappa shape index (κ3) is 4.08. The maximum Gasteiger partial charge on any atom is 0.262 e. The largest absolute Gasteiger partial charge is 0.378 e. The van der Waals surface area contributed by atoms with Gasteiger partial charge in [0.15, 0.2) is 5.16 Å². The van der Waals surface area contributed by atoms with Crippen LogP contribution < -0.4 is 15.8 Å². The third-order valence-corrected chi connectivity index (χ3v) is 5.78. The fourth-order valence-electron chi connectivity index (χ4n) is 2.40. The summed E-state index contributed by atoms with van der Waals surface area (Å²) in [6.07, 6.45) is 0. The monoisotopic (exact) mass is 388 g/mol. The molecule has 26 heavy (non-hydrogen) atoms. The van der Waals surface area contributed by atoms with Crippen molar-refractivity contribution < 1.29 is 4.79 Å². The van der Waals surface area contributed by atoms with Gasteiger partial charge >= 0.3 is 0 Å². The number of carbonyl (C=O) groups is 1. The Kier molecular flexibility index (Phi) is 5.63. The Morgan fingerprint density at radius 2 is 2.00 bits per heavy atom. The topological polar surface area (TPSA) is 67.2 Å². The van der Waals surface area contributed by atoms with Crippen LogP contribution in [0.1, 0.15) is 5.56 Å². The van der Waals surface area contributed by atoms with Crippen LogP contribution in [-0.2, 0) is 18.4 Å². The number of rotatable bonds is 6. The molecular formula is C18H20N4O2S2. The molecular weight excluding hydrogens is 368 g/mol. The average Bonchev–Trinajstić information content (AvgIpc) is 3.10. The van der Waals surface area contributed by atoms with E-state index in [0.717, 1.165) is 11.3 Å². The summed E-state index contributed by atoms with van der Waals surface area (Å²) in [7, 11) is 5.66. The lowest BCUT2D eigenvalue weighted by atomic mass is 10.2. The van der Waals surface area contributed by atoms with Crippen molar-refractivity contribution in [3.8, 4) is 0 Å². The summed E-state index contributed by atoms with van der Waals surface area (Å²) in [6.45, 7) is 0.476. The van der Waals surface area contributed by atoms with Gasteiger partial charge in [0.1, 0.15) is 4.83 Å².